The summed E-state index contributed by atoms with van der Waals surface area (Å²) in [5.74, 6) is -2.53. The van der Waals surface area contributed by atoms with Gasteiger partial charge in [0.1, 0.15) is 0 Å². The first-order chi connectivity index (χ1) is 14.5. The number of alkyl halides is 3. The van der Waals surface area contributed by atoms with Gasteiger partial charge in [0.05, 0.1) is 32.4 Å². The minimum atomic E-state index is -4.84. The van der Waals surface area contributed by atoms with Crippen LogP contribution in [-0.4, -0.2) is 49.0 Å². The van der Waals surface area contributed by atoms with Crippen molar-refractivity contribution < 1.29 is 27.3 Å². The van der Waals surface area contributed by atoms with Crippen LogP contribution in [0.3, 0.4) is 0 Å². The molecule has 0 unspecified atom stereocenters. The molecule has 1 N–H and O–H groups in total. The molecule has 1 heterocycles. The van der Waals surface area contributed by atoms with Crippen LogP contribution in [0.1, 0.15) is 15.9 Å². The molecule has 1 amide bonds. The molecule has 0 aliphatic carbocycles. The Kier molecular flexibility index (Phi) is 6.37. The van der Waals surface area contributed by atoms with Gasteiger partial charge in [0.25, 0.3) is 11.6 Å². The summed E-state index contributed by atoms with van der Waals surface area (Å²) in [5, 5.41) is 12.6. The van der Waals surface area contributed by atoms with E-state index in [0.29, 0.717) is 44.0 Å². The molecule has 1 saturated heterocycles. The van der Waals surface area contributed by atoms with E-state index in [9.17, 15) is 32.5 Å². The fraction of sp³-hybridized carbons (Fsp3) is 0.316. The number of hydrogen-bond donors (Lipinski definition) is 1. The summed E-state index contributed by atoms with van der Waals surface area (Å²) >= 11 is 5.55. The second-order valence-electron chi connectivity index (χ2n) is 7.02. The zero-order valence-corrected chi connectivity index (χ0v) is 16.9. The van der Waals surface area contributed by atoms with Crippen LogP contribution in [0.5, 0.6) is 0 Å². The molecule has 3 rings (SSSR count). The maximum Gasteiger partial charge on any atom is 0.416 e. The molecular formula is C19H17ClF4N4O3. The van der Waals surface area contributed by atoms with Crippen LogP contribution < -0.4 is 10.2 Å². The first-order valence-electron chi connectivity index (χ1n) is 9.07. The maximum atomic E-state index is 14.3. The highest BCUT2D eigenvalue weighted by Gasteiger charge is 2.33. The van der Waals surface area contributed by atoms with Crippen LogP contribution in [0, 0.1) is 15.9 Å². The Hall–Kier alpha value is -2.92. The second-order valence-corrected chi connectivity index (χ2v) is 7.43. The number of non-ortho nitro benzene ring substituents is 1. The smallest absolute Gasteiger partial charge is 0.367 e. The van der Waals surface area contributed by atoms with Crippen molar-refractivity contribution in [2.45, 2.75) is 6.18 Å². The summed E-state index contributed by atoms with van der Waals surface area (Å²) in [6.07, 6.45) is -4.84. The van der Waals surface area contributed by atoms with Gasteiger partial charge in [-0.3, -0.25) is 14.9 Å². The molecule has 0 radical (unpaired) electrons. The second kappa shape index (κ2) is 8.67. The highest BCUT2D eigenvalue weighted by Crippen LogP contribution is 2.35. The Labute approximate surface area is 179 Å². The number of nitro benzene ring substituents is 1. The largest absolute Gasteiger partial charge is 0.416 e. The number of amides is 1. The van der Waals surface area contributed by atoms with Crippen molar-refractivity contribution in [3.63, 3.8) is 0 Å². The third-order valence-electron chi connectivity index (χ3n) is 4.88. The van der Waals surface area contributed by atoms with Crippen LogP contribution in [0.2, 0.25) is 5.02 Å². The van der Waals surface area contributed by atoms with Gasteiger partial charge < -0.3 is 15.1 Å². The number of nitrogens with one attached hydrogen (secondary N) is 1. The Morgan fingerprint density at radius 1 is 1.16 bits per heavy atom. The summed E-state index contributed by atoms with van der Waals surface area (Å²) < 4.78 is 53.5. The van der Waals surface area contributed by atoms with Crippen molar-refractivity contribution >= 4 is 34.6 Å². The molecular weight excluding hydrogens is 444 g/mol. The van der Waals surface area contributed by atoms with Gasteiger partial charge in [-0.15, -0.1) is 0 Å². The fourth-order valence-electron chi connectivity index (χ4n) is 3.17. The summed E-state index contributed by atoms with van der Waals surface area (Å²) in [4.78, 5) is 27.1. The summed E-state index contributed by atoms with van der Waals surface area (Å²) in [5.41, 5.74) is -2.13. The maximum absolute atomic E-state index is 14.3. The molecule has 0 spiro atoms. The third kappa shape index (κ3) is 5.05. The highest BCUT2D eigenvalue weighted by molar-refractivity contribution is 6.31. The molecule has 0 bridgehead atoms. The van der Waals surface area contributed by atoms with E-state index in [-0.39, 0.29) is 11.4 Å². The number of anilines is 2. The van der Waals surface area contributed by atoms with Crippen molar-refractivity contribution in [2.75, 3.05) is 43.4 Å². The number of benzene rings is 2. The van der Waals surface area contributed by atoms with Crippen LogP contribution in [0.4, 0.5) is 34.6 Å². The van der Waals surface area contributed by atoms with E-state index >= 15 is 0 Å². The van der Waals surface area contributed by atoms with E-state index in [4.69, 9.17) is 11.6 Å². The van der Waals surface area contributed by atoms with Crippen molar-refractivity contribution in [1.82, 2.24) is 4.90 Å². The van der Waals surface area contributed by atoms with E-state index in [1.165, 1.54) is 12.1 Å². The molecule has 12 heteroatoms. The number of carbonyl (C=O) groups is 1. The van der Waals surface area contributed by atoms with E-state index in [2.05, 4.69) is 10.2 Å². The van der Waals surface area contributed by atoms with Crippen LogP contribution in [0.25, 0.3) is 0 Å². The van der Waals surface area contributed by atoms with E-state index in [0.717, 1.165) is 6.07 Å². The zero-order valence-electron chi connectivity index (χ0n) is 16.2. The molecule has 0 aromatic heterocycles. The van der Waals surface area contributed by atoms with Gasteiger partial charge in [-0.2, -0.15) is 13.2 Å². The quantitative estimate of drug-likeness (QED) is 0.415. The lowest BCUT2D eigenvalue weighted by Crippen LogP contribution is -2.44. The standard InChI is InChI=1S/C19H17ClF4N4O3/c1-26-4-6-27(7-5-26)16-3-2-12(28(30)31)10-15(16)25-18(29)13-8-11(19(22,23)24)9-14(20)17(13)21/h2-3,8-10H,4-7H2,1H3,(H,25,29). The minimum Gasteiger partial charge on any atom is -0.367 e. The Bertz CT molecular complexity index is 1020. The van der Waals surface area contributed by atoms with Gasteiger partial charge in [0.15, 0.2) is 5.82 Å². The normalized spacial score (nSPS) is 15.1. The summed E-state index contributed by atoms with van der Waals surface area (Å²) in [6, 6.07) is 4.51. The lowest BCUT2D eigenvalue weighted by Gasteiger charge is -2.35. The molecule has 1 aliphatic rings. The van der Waals surface area contributed by atoms with E-state index in [1.807, 2.05) is 11.9 Å². The SMILES string of the molecule is CN1CCN(c2ccc([N+](=O)[O-])cc2NC(=O)c2cc(C(F)(F)F)cc(Cl)c2F)CC1. The number of nitrogens with zero attached hydrogens (tertiary/aromatic N) is 3. The fourth-order valence-corrected chi connectivity index (χ4v) is 3.39. The van der Waals surface area contributed by atoms with Crippen molar-refractivity contribution in [2.24, 2.45) is 0 Å². The number of nitro groups is 1. The van der Waals surface area contributed by atoms with Gasteiger partial charge in [-0.05, 0) is 25.2 Å². The first-order valence-corrected chi connectivity index (χ1v) is 9.44. The van der Waals surface area contributed by atoms with Crippen molar-refractivity contribution in [3.05, 3.63) is 62.4 Å². The van der Waals surface area contributed by atoms with Crippen LogP contribution in [-0.2, 0) is 6.18 Å². The summed E-state index contributed by atoms with van der Waals surface area (Å²) in [6.45, 7) is 2.51. The minimum absolute atomic E-state index is 0.0170. The Morgan fingerprint density at radius 3 is 2.39 bits per heavy atom. The van der Waals surface area contributed by atoms with Crippen molar-refractivity contribution in [3.8, 4) is 0 Å². The average molecular weight is 461 g/mol. The molecule has 0 atom stereocenters. The van der Waals surface area contributed by atoms with Gasteiger partial charge >= 0.3 is 6.18 Å². The summed E-state index contributed by atoms with van der Waals surface area (Å²) in [7, 11) is 1.93. The highest BCUT2D eigenvalue weighted by atomic mass is 35.5. The first kappa shape index (κ1) is 22.8. The van der Waals surface area contributed by atoms with Crippen LogP contribution in [0.15, 0.2) is 30.3 Å². The molecule has 166 valence electrons. The zero-order chi connectivity index (χ0) is 22.9. The molecule has 2 aromatic rings. The topological polar surface area (TPSA) is 78.7 Å². The molecule has 0 saturated carbocycles. The molecule has 1 fully saturated rings. The van der Waals surface area contributed by atoms with Gasteiger partial charge in [0, 0.05) is 38.3 Å². The molecule has 31 heavy (non-hydrogen) atoms. The Morgan fingerprint density at radius 2 is 1.81 bits per heavy atom. The number of carbonyl (C=O) groups excluding carboxylic acids is 1. The Balaban J connectivity index is 1.99. The number of halogens is 5. The lowest BCUT2D eigenvalue weighted by molar-refractivity contribution is -0.384. The predicted molar refractivity (Wildman–Crippen MR) is 107 cm³/mol. The number of piperazine rings is 1. The number of likely N-dealkylation sites (N-methyl/N-ethyl adjacent to an activating group) is 1. The number of hydrogen-bond acceptors (Lipinski definition) is 5. The van der Waals surface area contributed by atoms with Crippen molar-refractivity contribution in [1.29, 1.82) is 0 Å². The molecule has 7 nitrogen and oxygen atoms in total. The lowest BCUT2D eigenvalue weighted by atomic mass is 10.1. The van der Waals surface area contributed by atoms with Gasteiger partial charge in [-0.25, -0.2) is 4.39 Å². The van der Waals surface area contributed by atoms with E-state index in [1.54, 1.807) is 0 Å². The van der Waals surface area contributed by atoms with Gasteiger partial charge in [0.2, 0.25) is 0 Å². The average Bonchev–Trinajstić information content (AvgIpc) is 2.69. The molecule has 2 aromatic carbocycles. The number of rotatable bonds is 4. The van der Waals surface area contributed by atoms with Gasteiger partial charge in [-0.1, -0.05) is 11.6 Å². The molecule has 1 aliphatic heterocycles. The van der Waals surface area contributed by atoms with E-state index < -0.39 is 39.0 Å². The predicted octanol–water partition coefficient (Wildman–Crippen LogP) is 4.41. The monoisotopic (exact) mass is 460 g/mol. The third-order valence-corrected chi connectivity index (χ3v) is 5.16. The van der Waals surface area contributed by atoms with Crippen LogP contribution >= 0.6 is 11.6 Å².